The van der Waals surface area contributed by atoms with Gasteiger partial charge in [0.05, 0.1) is 30.5 Å². The predicted octanol–water partition coefficient (Wildman–Crippen LogP) is 3.16. The van der Waals surface area contributed by atoms with E-state index in [-0.39, 0.29) is 5.91 Å². The molecule has 0 aliphatic heterocycles. The van der Waals surface area contributed by atoms with Crippen LogP contribution in [0, 0.1) is 0 Å². The van der Waals surface area contributed by atoms with Gasteiger partial charge in [-0.25, -0.2) is 4.98 Å². The van der Waals surface area contributed by atoms with Gasteiger partial charge in [0.15, 0.2) is 0 Å². The van der Waals surface area contributed by atoms with Crippen LogP contribution < -0.4 is 0 Å². The first-order chi connectivity index (χ1) is 11.8. The molecule has 0 saturated heterocycles. The average Bonchev–Trinajstić information content (AvgIpc) is 3.26. The van der Waals surface area contributed by atoms with Gasteiger partial charge in [0, 0.05) is 31.5 Å². The number of fused-ring (bicyclic) bond motifs is 1. The minimum atomic E-state index is 0.137. The number of hydrogen-bond acceptors (Lipinski definition) is 4. The number of para-hydroxylation sites is 2. The SMILES string of the molecule is COCCN(Cc1cccs1)C(=O)CCn1cnc2ccccc21. The number of thiophene rings is 1. The number of aryl methyl sites for hydroxylation is 1. The molecule has 24 heavy (non-hydrogen) atoms. The standard InChI is InChI=1S/C18H21N3O2S/c1-23-11-10-20(13-15-5-4-12-24-15)18(22)8-9-21-14-19-16-6-2-3-7-17(16)21/h2-7,12,14H,8-11,13H2,1H3. The van der Waals surface area contributed by atoms with Crippen molar-refractivity contribution in [3.63, 3.8) is 0 Å². The van der Waals surface area contributed by atoms with Crippen molar-refractivity contribution in [1.29, 1.82) is 0 Å². The minimum absolute atomic E-state index is 0.137. The van der Waals surface area contributed by atoms with E-state index in [2.05, 4.69) is 11.1 Å². The molecule has 0 bridgehead atoms. The first kappa shape index (κ1) is 16.7. The zero-order valence-electron chi connectivity index (χ0n) is 13.7. The number of aromatic nitrogens is 2. The number of imidazole rings is 1. The van der Waals surface area contributed by atoms with E-state index in [1.807, 2.05) is 45.2 Å². The summed E-state index contributed by atoms with van der Waals surface area (Å²) in [5.41, 5.74) is 2.02. The summed E-state index contributed by atoms with van der Waals surface area (Å²) in [6, 6.07) is 12.0. The molecule has 6 heteroatoms. The zero-order chi connectivity index (χ0) is 16.8. The van der Waals surface area contributed by atoms with Crippen molar-refractivity contribution in [3.8, 4) is 0 Å². The number of carbonyl (C=O) groups is 1. The van der Waals surface area contributed by atoms with Gasteiger partial charge >= 0.3 is 0 Å². The Kier molecular flexibility index (Phi) is 5.61. The number of methoxy groups -OCH3 is 1. The molecule has 0 N–H and O–H groups in total. The lowest BCUT2D eigenvalue weighted by atomic mass is 10.3. The molecule has 1 amide bonds. The van der Waals surface area contributed by atoms with E-state index in [1.165, 1.54) is 4.88 Å². The third-order valence-electron chi connectivity index (χ3n) is 3.94. The van der Waals surface area contributed by atoms with E-state index < -0.39 is 0 Å². The second-order valence-electron chi connectivity index (χ2n) is 5.56. The Morgan fingerprint density at radius 3 is 2.96 bits per heavy atom. The van der Waals surface area contributed by atoms with Crippen molar-refractivity contribution < 1.29 is 9.53 Å². The van der Waals surface area contributed by atoms with Gasteiger partial charge in [-0.15, -0.1) is 11.3 Å². The lowest BCUT2D eigenvalue weighted by Crippen LogP contribution is -2.33. The molecule has 0 radical (unpaired) electrons. The highest BCUT2D eigenvalue weighted by molar-refractivity contribution is 7.09. The summed E-state index contributed by atoms with van der Waals surface area (Å²) in [6.45, 7) is 2.43. The molecule has 5 nitrogen and oxygen atoms in total. The summed E-state index contributed by atoms with van der Waals surface area (Å²) in [5, 5.41) is 2.03. The topological polar surface area (TPSA) is 47.4 Å². The predicted molar refractivity (Wildman–Crippen MR) is 96.0 cm³/mol. The molecule has 0 aliphatic carbocycles. The minimum Gasteiger partial charge on any atom is -0.383 e. The third-order valence-corrected chi connectivity index (χ3v) is 4.80. The molecule has 0 aliphatic rings. The first-order valence-corrected chi connectivity index (χ1v) is 8.85. The maximum absolute atomic E-state index is 12.6. The molecule has 0 fully saturated rings. The highest BCUT2D eigenvalue weighted by atomic mass is 32.1. The van der Waals surface area contributed by atoms with Gasteiger partial charge in [-0.3, -0.25) is 4.79 Å². The van der Waals surface area contributed by atoms with Gasteiger partial charge in [-0.2, -0.15) is 0 Å². The first-order valence-electron chi connectivity index (χ1n) is 7.97. The highest BCUT2D eigenvalue weighted by Crippen LogP contribution is 2.15. The number of nitrogens with zero attached hydrogens (tertiary/aromatic N) is 3. The molecule has 2 heterocycles. The number of amides is 1. The van der Waals surface area contributed by atoms with Gasteiger partial charge in [0.2, 0.25) is 5.91 Å². The van der Waals surface area contributed by atoms with Crippen LogP contribution in [0.15, 0.2) is 48.1 Å². The summed E-state index contributed by atoms with van der Waals surface area (Å²) in [4.78, 5) is 20.1. The van der Waals surface area contributed by atoms with E-state index in [9.17, 15) is 4.79 Å². The Balaban J connectivity index is 1.64. The summed E-state index contributed by atoms with van der Waals surface area (Å²) in [7, 11) is 1.66. The maximum atomic E-state index is 12.6. The normalized spacial score (nSPS) is 11.0. The Hall–Kier alpha value is -2.18. The second kappa shape index (κ2) is 8.08. The average molecular weight is 343 g/mol. The number of rotatable bonds is 8. The lowest BCUT2D eigenvalue weighted by Gasteiger charge is -2.22. The summed E-state index contributed by atoms with van der Waals surface area (Å²) < 4.78 is 7.18. The molecule has 1 aromatic carbocycles. The van der Waals surface area contributed by atoms with Crippen LogP contribution >= 0.6 is 11.3 Å². The molecule has 0 atom stereocenters. The molecule has 3 aromatic rings. The van der Waals surface area contributed by atoms with Crippen LogP contribution in [0.2, 0.25) is 0 Å². The highest BCUT2D eigenvalue weighted by Gasteiger charge is 2.15. The maximum Gasteiger partial charge on any atom is 0.224 e. The molecule has 2 aromatic heterocycles. The fraction of sp³-hybridized carbons (Fsp3) is 0.333. The largest absolute Gasteiger partial charge is 0.383 e. The Labute approximate surface area is 145 Å². The van der Waals surface area contributed by atoms with Crippen LogP contribution in [0.1, 0.15) is 11.3 Å². The van der Waals surface area contributed by atoms with Gasteiger partial charge in [-0.05, 0) is 23.6 Å². The van der Waals surface area contributed by atoms with Gasteiger partial charge in [0.25, 0.3) is 0 Å². The van der Waals surface area contributed by atoms with Crippen molar-refractivity contribution in [2.24, 2.45) is 0 Å². The van der Waals surface area contributed by atoms with Crippen LogP contribution in [-0.4, -0.2) is 40.6 Å². The van der Waals surface area contributed by atoms with Crippen LogP contribution in [0.3, 0.4) is 0 Å². The second-order valence-corrected chi connectivity index (χ2v) is 6.60. The van der Waals surface area contributed by atoms with Crippen molar-refractivity contribution in [2.75, 3.05) is 20.3 Å². The molecule has 126 valence electrons. The number of carbonyl (C=O) groups excluding carboxylic acids is 1. The third kappa shape index (κ3) is 4.01. The Morgan fingerprint density at radius 1 is 1.29 bits per heavy atom. The summed E-state index contributed by atoms with van der Waals surface area (Å²) in [6.07, 6.45) is 2.26. The van der Waals surface area contributed by atoms with Crippen LogP contribution in [-0.2, 0) is 22.6 Å². The number of hydrogen-bond donors (Lipinski definition) is 0. The van der Waals surface area contributed by atoms with E-state index in [0.29, 0.717) is 32.7 Å². The van der Waals surface area contributed by atoms with E-state index in [1.54, 1.807) is 24.8 Å². The molecular formula is C18H21N3O2S. The quantitative estimate of drug-likeness (QED) is 0.631. The van der Waals surface area contributed by atoms with Gasteiger partial charge < -0.3 is 14.2 Å². The molecule has 0 unspecified atom stereocenters. The van der Waals surface area contributed by atoms with Crippen LogP contribution in [0.4, 0.5) is 0 Å². The molecule has 0 spiro atoms. The monoisotopic (exact) mass is 343 g/mol. The number of benzene rings is 1. The molecule has 3 rings (SSSR count). The van der Waals surface area contributed by atoms with Gasteiger partial charge in [-0.1, -0.05) is 18.2 Å². The number of ether oxygens (including phenoxy) is 1. The Bertz CT molecular complexity index is 783. The zero-order valence-corrected chi connectivity index (χ0v) is 14.5. The fourth-order valence-electron chi connectivity index (χ4n) is 2.65. The van der Waals surface area contributed by atoms with E-state index >= 15 is 0 Å². The van der Waals surface area contributed by atoms with E-state index in [4.69, 9.17) is 4.74 Å². The van der Waals surface area contributed by atoms with Gasteiger partial charge in [0.1, 0.15) is 0 Å². The van der Waals surface area contributed by atoms with Crippen molar-refractivity contribution >= 4 is 28.3 Å². The van der Waals surface area contributed by atoms with Crippen molar-refractivity contribution in [1.82, 2.24) is 14.5 Å². The van der Waals surface area contributed by atoms with Crippen LogP contribution in [0.25, 0.3) is 11.0 Å². The summed E-state index contributed by atoms with van der Waals surface area (Å²) in [5.74, 6) is 0.137. The van der Waals surface area contributed by atoms with Crippen LogP contribution in [0.5, 0.6) is 0 Å². The van der Waals surface area contributed by atoms with E-state index in [0.717, 1.165) is 11.0 Å². The lowest BCUT2D eigenvalue weighted by molar-refractivity contribution is -0.132. The molecular weight excluding hydrogens is 322 g/mol. The molecule has 0 saturated carbocycles. The fourth-order valence-corrected chi connectivity index (χ4v) is 3.37. The van der Waals surface area contributed by atoms with Crippen molar-refractivity contribution in [2.45, 2.75) is 19.5 Å². The van der Waals surface area contributed by atoms with Crippen molar-refractivity contribution in [3.05, 3.63) is 53.0 Å². The Morgan fingerprint density at radius 2 is 2.17 bits per heavy atom. The summed E-state index contributed by atoms with van der Waals surface area (Å²) >= 11 is 1.67. The smallest absolute Gasteiger partial charge is 0.224 e.